The highest BCUT2D eigenvalue weighted by Crippen LogP contribution is 2.27. The van der Waals surface area contributed by atoms with E-state index in [1.54, 1.807) is 12.1 Å². The molecular formula is C16H14N2O2. The molecule has 0 fully saturated rings. The van der Waals surface area contributed by atoms with Crippen molar-refractivity contribution in [3.63, 3.8) is 0 Å². The van der Waals surface area contributed by atoms with Crippen molar-refractivity contribution in [1.82, 2.24) is 0 Å². The Balaban J connectivity index is 2.33. The van der Waals surface area contributed by atoms with Gasteiger partial charge in [0.2, 0.25) is 11.8 Å². The number of rotatable bonds is 2. The lowest BCUT2D eigenvalue weighted by Gasteiger charge is -2.14. The van der Waals surface area contributed by atoms with E-state index >= 15 is 0 Å². The van der Waals surface area contributed by atoms with Gasteiger partial charge in [-0.25, -0.2) is 0 Å². The average Bonchev–Trinajstić information content (AvgIpc) is 2.47. The summed E-state index contributed by atoms with van der Waals surface area (Å²) in [5.41, 5.74) is 15.4. The fraction of sp³-hybridized carbons (Fsp3) is 0.125. The van der Waals surface area contributed by atoms with Crippen LogP contribution < -0.4 is 11.5 Å². The maximum absolute atomic E-state index is 11.8. The molecule has 2 aromatic rings. The molecular weight excluding hydrogens is 252 g/mol. The number of hydrogen-bond acceptors (Lipinski definition) is 2. The number of hydrogen-bond donors (Lipinski definition) is 2. The minimum atomic E-state index is -0.538. The first-order chi connectivity index (χ1) is 9.56. The van der Waals surface area contributed by atoms with E-state index in [1.807, 2.05) is 24.3 Å². The number of primary amides is 2. The van der Waals surface area contributed by atoms with Gasteiger partial charge in [0, 0.05) is 11.1 Å². The number of carbonyl (C=O) groups is 2. The Morgan fingerprint density at radius 2 is 1.40 bits per heavy atom. The zero-order chi connectivity index (χ0) is 14.3. The van der Waals surface area contributed by atoms with Crippen LogP contribution in [0.2, 0.25) is 0 Å². The van der Waals surface area contributed by atoms with Crippen molar-refractivity contribution in [2.45, 2.75) is 12.8 Å². The van der Waals surface area contributed by atoms with Gasteiger partial charge in [-0.2, -0.15) is 0 Å². The Morgan fingerprint density at radius 1 is 0.800 bits per heavy atom. The van der Waals surface area contributed by atoms with Gasteiger partial charge in [-0.05, 0) is 41.2 Å². The van der Waals surface area contributed by atoms with Gasteiger partial charge < -0.3 is 11.5 Å². The lowest BCUT2D eigenvalue weighted by Crippen LogP contribution is -2.22. The largest absolute Gasteiger partial charge is 0.366 e. The highest BCUT2D eigenvalue weighted by molar-refractivity contribution is 6.02. The van der Waals surface area contributed by atoms with E-state index in [-0.39, 0.29) is 0 Å². The zero-order valence-corrected chi connectivity index (χ0v) is 10.8. The van der Waals surface area contributed by atoms with E-state index in [0.717, 1.165) is 16.7 Å². The molecule has 20 heavy (non-hydrogen) atoms. The summed E-state index contributed by atoms with van der Waals surface area (Å²) in [6, 6.07) is 11.5. The number of amides is 2. The van der Waals surface area contributed by atoms with Crippen LogP contribution >= 0.6 is 0 Å². The molecule has 0 atom stereocenters. The van der Waals surface area contributed by atoms with Crippen LogP contribution in [0, 0.1) is 0 Å². The first kappa shape index (κ1) is 12.4. The van der Waals surface area contributed by atoms with Crippen LogP contribution in [0.25, 0.3) is 0 Å². The highest BCUT2D eigenvalue weighted by atomic mass is 16.1. The van der Waals surface area contributed by atoms with E-state index < -0.39 is 11.8 Å². The third-order valence-corrected chi connectivity index (χ3v) is 3.71. The van der Waals surface area contributed by atoms with Crippen LogP contribution in [0.5, 0.6) is 0 Å². The van der Waals surface area contributed by atoms with Crippen molar-refractivity contribution in [3.8, 4) is 0 Å². The smallest absolute Gasteiger partial charge is 0.249 e. The van der Waals surface area contributed by atoms with Crippen LogP contribution in [0.4, 0.5) is 0 Å². The molecule has 0 heterocycles. The van der Waals surface area contributed by atoms with Gasteiger partial charge in [0.1, 0.15) is 0 Å². The summed E-state index contributed by atoms with van der Waals surface area (Å²) in [4.78, 5) is 23.4. The van der Waals surface area contributed by atoms with Crippen LogP contribution in [-0.2, 0) is 12.8 Å². The quantitative estimate of drug-likeness (QED) is 0.734. The molecule has 4 rings (SSSR count). The molecule has 4 N–H and O–H groups in total. The SMILES string of the molecule is NC(=O)c1ccc2c(C(N)=O)c1Cc1ccc(cc1)C2. The van der Waals surface area contributed by atoms with Crippen LogP contribution in [0.1, 0.15) is 43.0 Å². The second-order valence-corrected chi connectivity index (χ2v) is 5.02. The molecule has 4 nitrogen and oxygen atoms in total. The number of carbonyl (C=O) groups excluding carboxylic acids is 2. The maximum atomic E-state index is 11.8. The Hall–Kier alpha value is -2.62. The predicted molar refractivity (Wildman–Crippen MR) is 75.5 cm³/mol. The standard InChI is InChI=1S/C16H14N2O2/c17-15(19)12-6-5-11-7-9-1-3-10(4-2-9)8-13(12)14(11)16(18)20/h1-6H,7-8H2,(H2,17,19)(H2,18,20). The fourth-order valence-electron chi connectivity index (χ4n) is 2.76. The van der Waals surface area contributed by atoms with Crippen LogP contribution in [0.15, 0.2) is 36.4 Å². The second-order valence-electron chi connectivity index (χ2n) is 5.02. The van der Waals surface area contributed by atoms with Crippen molar-refractivity contribution in [2.75, 3.05) is 0 Å². The summed E-state index contributed by atoms with van der Waals surface area (Å²) >= 11 is 0. The van der Waals surface area contributed by atoms with Crippen molar-refractivity contribution in [1.29, 1.82) is 0 Å². The molecule has 2 amide bonds. The van der Waals surface area contributed by atoms with E-state index in [0.29, 0.717) is 29.5 Å². The number of nitrogens with two attached hydrogens (primary N) is 2. The zero-order valence-electron chi connectivity index (χ0n) is 10.8. The van der Waals surface area contributed by atoms with Gasteiger partial charge in [0.15, 0.2) is 0 Å². The van der Waals surface area contributed by atoms with E-state index in [9.17, 15) is 9.59 Å². The van der Waals surface area contributed by atoms with Crippen LogP contribution in [-0.4, -0.2) is 11.8 Å². The summed E-state index contributed by atoms with van der Waals surface area (Å²) in [6.07, 6.45) is 1.09. The monoisotopic (exact) mass is 266 g/mol. The maximum Gasteiger partial charge on any atom is 0.249 e. The molecule has 0 unspecified atom stereocenters. The molecule has 0 radical (unpaired) electrons. The third kappa shape index (κ3) is 1.95. The van der Waals surface area contributed by atoms with Gasteiger partial charge >= 0.3 is 0 Å². The lowest BCUT2D eigenvalue weighted by atomic mass is 9.90. The minimum Gasteiger partial charge on any atom is -0.366 e. The predicted octanol–water partition coefficient (Wildman–Crippen LogP) is 1.38. The topological polar surface area (TPSA) is 86.2 Å². The van der Waals surface area contributed by atoms with Crippen molar-refractivity contribution in [3.05, 3.63) is 69.8 Å². The number of benzene rings is 2. The normalized spacial score (nSPS) is 12.4. The summed E-state index contributed by atoms with van der Waals surface area (Å²) in [7, 11) is 0. The fourth-order valence-corrected chi connectivity index (χ4v) is 2.76. The van der Waals surface area contributed by atoms with Gasteiger partial charge in [0.05, 0.1) is 0 Å². The van der Waals surface area contributed by atoms with E-state index in [2.05, 4.69) is 0 Å². The first-order valence-electron chi connectivity index (χ1n) is 6.38. The first-order valence-corrected chi connectivity index (χ1v) is 6.38. The van der Waals surface area contributed by atoms with Gasteiger partial charge in [-0.3, -0.25) is 9.59 Å². The molecule has 0 saturated heterocycles. The molecule has 2 aliphatic rings. The molecule has 4 bridgehead atoms. The summed E-state index contributed by atoms with van der Waals surface area (Å²) in [5.74, 6) is -1.05. The highest BCUT2D eigenvalue weighted by Gasteiger charge is 2.21. The summed E-state index contributed by atoms with van der Waals surface area (Å²) in [6.45, 7) is 0. The van der Waals surface area contributed by atoms with E-state index in [4.69, 9.17) is 11.5 Å². The number of fused-ring (bicyclic) bond motifs is 2. The van der Waals surface area contributed by atoms with E-state index in [1.165, 1.54) is 0 Å². The Labute approximate surface area is 116 Å². The van der Waals surface area contributed by atoms with Crippen molar-refractivity contribution >= 4 is 11.8 Å². The Kier molecular flexibility index (Phi) is 2.79. The van der Waals surface area contributed by atoms with Crippen molar-refractivity contribution in [2.24, 2.45) is 11.5 Å². The molecule has 4 heteroatoms. The van der Waals surface area contributed by atoms with Gasteiger partial charge in [0.25, 0.3) is 0 Å². The van der Waals surface area contributed by atoms with Gasteiger partial charge in [-0.15, -0.1) is 0 Å². The Morgan fingerprint density at radius 3 is 1.95 bits per heavy atom. The lowest BCUT2D eigenvalue weighted by molar-refractivity contribution is 0.0998. The molecule has 0 spiro atoms. The minimum absolute atomic E-state index is 0.368. The Bertz CT molecular complexity index is 718. The molecule has 2 aliphatic carbocycles. The summed E-state index contributed by atoms with van der Waals surface area (Å²) < 4.78 is 0. The summed E-state index contributed by atoms with van der Waals surface area (Å²) in [5, 5.41) is 0. The van der Waals surface area contributed by atoms with Crippen molar-refractivity contribution < 1.29 is 9.59 Å². The second kappa shape index (κ2) is 4.49. The molecule has 0 saturated carbocycles. The molecule has 2 aromatic carbocycles. The van der Waals surface area contributed by atoms with Crippen LogP contribution in [0.3, 0.4) is 0 Å². The molecule has 0 aromatic heterocycles. The third-order valence-electron chi connectivity index (χ3n) is 3.71. The molecule has 100 valence electrons. The average molecular weight is 266 g/mol. The molecule has 0 aliphatic heterocycles. The van der Waals surface area contributed by atoms with Gasteiger partial charge in [-0.1, -0.05) is 30.3 Å².